The highest BCUT2D eigenvalue weighted by atomic mass is 35.5. The molecule has 2 fully saturated rings. The van der Waals surface area contributed by atoms with Gasteiger partial charge < -0.3 is 0 Å². The molecule has 2 aliphatic rings. The number of benzene rings is 4. The predicted molar refractivity (Wildman–Crippen MR) is 298 cm³/mol. The summed E-state index contributed by atoms with van der Waals surface area (Å²) in [6.07, 6.45) is 5.39. The van der Waals surface area contributed by atoms with Crippen molar-refractivity contribution in [3.63, 3.8) is 0 Å². The Morgan fingerprint density at radius 3 is 1.46 bits per heavy atom. The van der Waals surface area contributed by atoms with E-state index in [0.29, 0.717) is 48.4 Å². The van der Waals surface area contributed by atoms with E-state index >= 15 is 9.59 Å². The lowest BCUT2D eigenvalue weighted by atomic mass is 9.94. The van der Waals surface area contributed by atoms with E-state index in [4.69, 9.17) is 11.6 Å². The summed E-state index contributed by atoms with van der Waals surface area (Å²) in [5.41, 5.74) is -0.148. The van der Waals surface area contributed by atoms with Crippen LogP contribution in [0.3, 0.4) is 0 Å². The van der Waals surface area contributed by atoms with Gasteiger partial charge in [0.15, 0.2) is 30.2 Å². The number of aryl methyl sites for hydroxylation is 2. The first-order valence-electron chi connectivity index (χ1n) is 24.6. The SMILES string of the molecule is Cn1nnnc1S(=O)(=O)c1sc(NC(=O)N(c2ccccc2C(=O)C2CCCC2)N(C(=O)Nc2nc(CSc3ccccc3)c(S(=O)(=O)c3nnnn3C)s2)c2ccc(Cl)cc2C(=O)C2CCCC2)nc1CSc1ccccc1. The van der Waals surface area contributed by atoms with Gasteiger partial charge in [-0.15, -0.1) is 23.5 Å². The molecule has 0 saturated heterocycles. The van der Waals surface area contributed by atoms with Crippen molar-refractivity contribution >= 4 is 123 Å². The predicted octanol–water partition coefficient (Wildman–Crippen LogP) is 9.99. The number of ketones is 2. The van der Waals surface area contributed by atoms with E-state index < -0.39 is 53.9 Å². The van der Waals surface area contributed by atoms with E-state index in [9.17, 15) is 26.4 Å². The van der Waals surface area contributed by atoms with Crippen LogP contribution in [0.2, 0.25) is 5.02 Å². The molecule has 0 radical (unpaired) electrons. The second-order valence-electron chi connectivity index (χ2n) is 18.2. The molecule has 79 heavy (non-hydrogen) atoms. The summed E-state index contributed by atoms with van der Waals surface area (Å²) in [7, 11) is -6.25. The molecule has 0 bridgehead atoms. The van der Waals surface area contributed by atoms with E-state index in [-0.39, 0.29) is 80.7 Å². The molecule has 22 nitrogen and oxygen atoms in total. The highest BCUT2D eigenvalue weighted by Gasteiger charge is 2.40. The van der Waals surface area contributed by atoms with E-state index in [1.165, 1.54) is 68.0 Å². The number of hydrogen-bond acceptors (Lipinski definition) is 20. The van der Waals surface area contributed by atoms with Crippen LogP contribution in [0.1, 0.15) is 83.5 Å². The molecular weight excluding hydrogens is 1150 g/mol. The number of amides is 4. The molecule has 4 heterocycles. The van der Waals surface area contributed by atoms with Crippen LogP contribution in [0.4, 0.5) is 31.2 Å². The molecule has 2 N–H and O–H groups in total. The van der Waals surface area contributed by atoms with Gasteiger partial charge in [0.1, 0.15) is 0 Å². The highest BCUT2D eigenvalue weighted by molar-refractivity contribution is 7.99. The standard InChI is InChI=1S/C50H47ClN14O8S6/c1-62-49(56-58-60-62)78(70,71)43-37(28-74-33-19-5-3-6-20-33)52-45(76-43)54-47(68)64(39-24-14-13-23-35(39)41(66)30-15-9-10-16-30)65(40-26-25-32(51)27-36(40)42(67)31-17-11-12-18-31)48(69)55-46-53-38(29-75-34-21-7-4-8-22-34)44(77-46)79(72,73)50-57-59-61-63(50)2/h3-8,13-14,19-27,30-31H,9-12,15-18,28-29H2,1-2H3,(H,52,54,68)(H,53,55,69). The zero-order valence-electron chi connectivity index (χ0n) is 42.0. The number of nitrogens with one attached hydrogen (secondary N) is 2. The third-order valence-electron chi connectivity index (χ3n) is 13.0. The number of thioether (sulfide) groups is 2. The van der Waals surface area contributed by atoms with Crippen LogP contribution < -0.4 is 20.7 Å². The van der Waals surface area contributed by atoms with E-state index in [0.717, 1.165) is 54.9 Å². The Bertz CT molecular complexity index is 3810. The monoisotopic (exact) mass is 1200 g/mol. The lowest BCUT2D eigenvalue weighted by Crippen LogP contribution is -2.54. The zero-order chi connectivity index (χ0) is 55.4. The van der Waals surface area contributed by atoms with Crippen LogP contribution in [0.25, 0.3) is 0 Å². The fourth-order valence-electron chi connectivity index (χ4n) is 9.26. The molecule has 4 aromatic heterocycles. The smallest absolute Gasteiger partial charge is 0.294 e. The minimum absolute atomic E-state index is 0.00683. The van der Waals surface area contributed by atoms with Crippen LogP contribution >= 0.6 is 57.8 Å². The second kappa shape index (κ2) is 23.8. The lowest BCUT2D eigenvalue weighted by Gasteiger charge is -2.36. The van der Waals surface area contributed by atoms with Crippen LogP contribution in [0.15, 0.2) is 132 Å². The summed E-state index contributed by atoms with van der Waals surface area (Å²) in [6, 6.07) is 26.5. The molecule has 10 rings (SSSR count). The Kier molecular flexibility index (Phi) is 16.7. The number of nitrogens with zero attached hydrogens (tertiary/aromatic N) is 12. The number of hydrogen-bond donors (Lipinski definition) is 2. The van der Waals surface area contributed by atoms with Gasteiger partial charge in [0.05, 0.1) is 22.8 Å². The number of tetrazole rings is 2. The van der Waals surface area contributed by atoms with Crippen molar-refractivity contribution < 1.29 is 36.0 Å². The quantitative estimate of drug-likeness (QED) is 0.0459. The fourth-order valence-corrected chi connectivity index (χ4v) is 17.0. The summed E-state index contributed by atoms with van der Waals surface area (Å²) in [4.78, 5) is 72.1. The largest absolute Gasteiger partial charge is 0.347 e. The number of halogens is 1. The number of urea groups is 2. The summed E-state index contributed by atoms with van der Waals surface area (Å²) in [5.74, 6) is -1.56. The lowest BCUT2D eigenvalue weighted by molar-refractivity contribution is 0.0915. The maximum Gasteiger partial charge on any atom is 0.347 e. The average molecular weight is 1200 g/mol. The van der Waals surface area contributed by atoms with E-state index in [2.05, 4.69) is 51.7 Å². The van der Waals surface area contributed by atoms with E-state index in [1.54, 1.807) is 12.1 Å². The summed E-state index contributed by atoms with van der Waals surface area (Å²) < 4.78 is 59.0. The molecule has 8 aromatic rings. The number of para-hydroxylation sites is 1. The number of sulfone groups is 2. The van der Waals surface area contributed by atoms with Gasteiger partial charge in [-0.1, -0.05) is 119 Å². The normalized spacial score (nSPS) is 14.1. The Labute approximate surface area is 474 Å². The first kappa shape index (κ1) is 55.4. The van der Waals surface area contributed by atoms with Gasteiger partial charge in [0, 0.05) is 63.4 Å². The number of rotatable bonds is 18. The minimum atomic E-state index is -4.49. The molecular formula is C50H47ClN14O8S6. The Balaban J connectivity index is 1.13. The third kappa shape index (κ3) is 11.9. The number of carbonyl (C=O) groups is 4. The maximum atomic E-state index is 15.8. The van der Waals surface area contributed by atoms with E-state index in [1.807, 2.05) is 60.7 Å². The first-order chi connectivity index (χ1) is 38.1. The molecule has 0 unspecified atom stereocenters. The molecule has 408 valence electrons. The number of anilines is 4. The van der Waals surface area contributed by atoms with Crippen LogP contribution in [-0.4, -0.2) is 90.8 Å². The molecule has 4 aromatic carbocycles. The summed E-state index contributed by atoms with van der Waals surface area (Å²) >= 11 is 10.5. The summed E-state index contributed by atoms with van der Waals surface area (Å²) in [6.45, 7) is 0. The van der Waals surface area contributed by atoms with Gasteiger partial charge in [0.2, 0.25) is 0 Å². The maximum absolute atomic E-state index is 15.8. The Hall–Kier alpha value is -6.95. The topological polar surface area (TPSA) is 280 Å². The molecule has 0 spiro atoms. The third-order valence-corrected chi connectivity index (χ3v) is 21.8. The number of hydrazine groups is 1. The van der Waals surface area contributed by atoms with Crippen molar-refractivity contribution in [1.82, 2.24) is 50.4 Å². The molecule has 2 saturated carbocycles. The van der Waals surface area contributed by atoms with Crippen LogP contribution in [0.5, 0.6) is 0 Å². The summed E-state index contributed by atoms with van der Waals surface area (Å²) in [5, 5.41) is 28.0. The number of thiazole rings is 2. The average Bonchev–Trinajstić information content (AvgIpc) is 4.51. The van der Waals surface area contributed by atoms with Crippen molar-refractivity contribution in [2.24, 2.45) is 25.9 Å². The second-order valence-corrected chi connectivity index (χ2v) is 26.9. The first-order valence-corrected chi connectivity index (χ1v) is 31.5. The number of carbonyl (C=O) groups excluding carboxylic acids is 4. The van der Waals surface area contributed by atoms with Crippen molar-refractivity contribution in [1.29, 1.82) is 0 Å². The van der Waals surface area contributed by atoms with Crippen molar-refractivity contribution in [3.8, 4) is 0 Å². The molecule has 2 aliphatic carbocycles. The van der Waals surface area contributed by atoms with Gasteiger partial charge in [-0.2, -0.15) is 10.0 Å². The highest BCUT2D eigenvalue weighted by Crippen LogP contribution is 2.41. The fraction of sp³-hybridized carbons (Fsp3) is 0.280. The Morgan fingerprint density at radius 2 is 1.01 bits per heavy atom. The molecule has 0 aliphatic heterocycles. The van der Waals surface area contributed by atoms with Crippen LogP contribution in [0, 0.1) is 11.8 Å². The van der Waals surface area contributed by atoms with Gasteiger partial charge in [-0.25, -0.2) is 45.8 Å². The van der Waals surface area contributed by atoms with Crippen molar-refractivity contribution in [2.45, 2.75) is 91.4 Å². The van der Waals surface area contributed by atoms with Gasteiger partial charge >= 0.3 is 12.1 Å². The minimum Gasteiger partial charge on any atom is -0.294 e. The van der Waals surface area contributed by atoms with Gasteiger partial charge in [-0.3, -0.25) is 20.2 Å². The number of Topliss-reactive ketones (excluding diaryl/α,β-unsaturated/α-hetero) is 2. The van der Waals surface area contributed by atoms with Gasteiger partial charge in [-0.05, 0) is 101 Å². The molecule has 4 amide bonds. The Morgan fingerprint density at radius 1 is 0.595 bits per heavy atom. The number of aromatic nitrogens is 10. The molecule has 0 atom stereocenters. The molecule has 29 heteroatoms. The van der Waals surface area contributed by atoms with Gasteiger partial charge in [0.25, 0.3) is 30.0 Å². The van der Waals surface area contributed by atoms with Crippen molar-refractivity contribution in [2.75, 3.05) is 20.7 Å². The van der Waals surface area contributed by atoms with Crippen LogP contribution in [-0.2, 0) is 45.3 Å². The zero-order valence-corrected chi connectivity index (χ0v) is 47.7. The van der Waals surface area contributed by atoms with Crippen molar-refractivity contribution in [3.05, 3.63) is 131 Å².